The summed E-state index contributed by atoms with van der Waals surface area (Å²) in [6.07, 6.45) is 6.24. The van der Waals surface area contributed by atoms with E-state index in [1.54, 1.807) is 0 Å². The Kier molecular flexibility index (Phi) is 3.97. The maximum absolute atomic E-state index is 4.51. The van der Waals surface area contributed by atoms with E-state index in [0.717, 1.165) is 36.0 Å². The van der Waals surface area contributed by atoms with Crippen molar-refractivity contribution in [3.63, 3.8) is 0 Å². The van der Waals surface area contributed by atoms with Crippen LogP contribution in [0.25, 0.3) is 5.69 Å². The van der Waals surface area contributed by atoms with E-state index in [9.17, 15) is 0 Å². The van der Waals surface area contributed by atoms with Crippen LogP contribution in [-0.4, -0.2) is 21.1 Å². The van der Waals surface area contributed by atoms with Crippen LogP contribution in [0.5, 0.6) is 0 Å². The van der Waals surface area contributed by atoms with Crippen molar-refractivity contribution in [3.05, 3.63) is 35.9 Å². The van der Waals surface area contributed by atoms with Crippen LogP contribution in [0.2, 0.25) is 0 Å². The van der Waals surface area contributed by atoms with Gasteiger partial charge >= 0.3 is 0 Å². The molecule has 2 aromatic rings. The van der Waals surface area contributed by atoms with Crippen LogP contribution in [0.4, 0.5) is 5.95 Å². The third-order valence-corrected chi connectivity index (χ3v) is 2.81. The van der Waals surface area contributed by atoms with Crippen LogP contribution < -0.4 is 5.32 Å². The van der Waals surface area contributed by atoms with Crippen LogP contribution in [0.3, 0.4) is 0 Å². The van der Waals surface area contributed by atoms with Gasteiger partial charge in [-0.25, -0.2) is 4.98 Å². The number of anilines is 1. The monoisotopic (exact) mass is 244 g/mol. The standard InChI is InChI=1S/C14H20N4/c1-4-5-8-15-14-17-12(3)10-18(14)13-7-6-11(2)16-9-13/h6-7,9-10H,4-5,8H2,1-3H3,(H,15,17). The van der Waals surface area contributed by atoms with Gasteiger partial charge in [0.2, 0.25) is 5.95 Å². The molecule has 4 nitrogen and oxygen atoms in total. The van der Waals surface area contributed by atoms with E-state index in [2.05, 4.69) is 32.8 Å². The van der Waals surface area contributed by atoms with Crippen molar-refractivity contribution in [2.45, 2.75) is 33.6 Å². The molecule has 0 bridgehead atoms. The lowest BCUT2D eigenvalue weighted by atomic mass is 10.3. The third kappa shape index (κ3) is 2.88. The zero-order chi connectivity index (χ0) is 13.0. The molecular weight excluding hydrogens is 224 g/mol. The summed E-state index contributed by atoms with van der Waals surface area (Å²) in [5.74, 6) is 0.895. The van der Waals surface area contributed by atoms with Crippen molar-refractivity contribution in [1.82, 2.24) is 14.5 Å². The molecule has 0 saturated carbocycles. The van der Waals surface area contributed by atoms with Crippen LogP contribution in [-0.2, 0) is 0 Å². The number of nitrogens with one attached hydrogen (secondary N) is 1. The molecule has 0 saturated heterocycles. The molecule has 18 heavy (non-hydrogen) atoms. The fourth-order valence-electron chi connectivity index (χ4n) is 1.80. The normalized spacial score (nSPS) is 10.6. The maximum atomic E-state index is 4.51. The Bertz CT molecular complexity index is 499. The Labute approximate surface area is 108 Å². The number of aromatic nitrogens is 3. The fourth-order valence-corrected chi connectivity index (χ4v) is 1.80. The molecule has 0 fully saturated rings. The highest BCUT2D eigenvalue weighted by atomic mass is 15.2. The van der Waals surface area contributed by atoms with Crippen molar-refractivity contribution >= 4 is 5.95 Å². The van der Waals surface area contributed by atoms with E-state index in [4.69, 9.17) is 0 Å². The highest BCUT2D eigenvalue weighted by Gasteiger charge is 2.06. The molecule has 0 unspecified atom stereocenters. The molecule has 0 radical (unpaired) electrons. The molecule has 0 atom stereocenters. The number of aryl methyl sites for hydroxylation is 2. The molecule has 2 aromatic heterocycles. The summed E-state index contributed by atoms with van der Waals surface area (Å²) in [4.78, 5) is 8.83. The third-order valence-electron chi connectivity index (χ3n) is 2.81. The Hall–Kier alpha value is -1.84. The van der Waals surface area contributed by atoms with Gasteiger partial charge in [0.15, 0.2) is 0 Å². The number of rotatable bonds is 5. The second-order valence-electron chi connectivity index (χ2n) is 4.51. The lowest BCUT2D eigenvalue weighted by molar-refractivity contribution is 0.822. The SMILES string of the molecule is CCCCNc1nc(C)cn1-c1ccc(C)nc1. The first kappa shape index (κ1) is 12.6. The van der Waals surface area contributed by atoms with E-state index < -0.39 is 0 Å². The summed E-state index contributed by atoms with van der Waals surface area (Å²) >= 11 is 0. The van der Waals surface area contributed by atoms with Gasteiger partial charge in [0.25, 0.3) is 0 Å². The first-order valence-corrected chi connectivity index (χ1v) is 6.43. The van der Waals surface area contributed by atoms with E-state index in [-0.39, 0.29) is 0 Å². The number of unbranched alkanes of at least 4 members (excludes halogenated alkanes) is 1. The van der Waals surface area contributed by atoms with Gasteiger partial charge < -0.3 is 5.32 Å². The van der Waals surface area contributed by atoms with E-state index in [1.165, 1.54) is 6.42 Å². The molecule has 2 heterocycles. The molecule has 0 aliphatic rings. The summed E-state index contributed by atoms with van der Waals surface area (Å²) in [6.45, 7) is 7.13. The zero-order valence-corrected chi connectivity index (χ0v) is 11.3. The molecule has 1 N–H and O–H groups in total. The quantitative estimate of drug-likeness (QED) is 0.822. The molecule has 4 heteroatoms. The van der Waals surface area contributed by atoms with Crippen LogP contribution in [0, 0.1) is 13.8 Å². The van der Waals surface area contributed by atoms with Crippen molar-refractivity contribution in [1.29, 1.82) is 0 Å². The average molecular weight is 244 g/mol. The van der Waals surface area contributed by atoms with Crippen LogP contribution in [0.15, 0.2) is 24.5 Å². The molecule has 0 amide bonds. The van der Waals surface area contributed by atoms with E-state index in [1.807, 2.05) is 32.3 Å². The second kappa shape index (κ2) is 5.67. The Morgan fingerprint density at radius 3 is 2.72 bits per heavy atom. The minimum Gasteiger partial charge on any atom is -0.355 e. The molecule has 0 aromatic carbocycles. The van der Waals surface area contributed by atoms with Gasteiger partial charge in [-0.3, -0.25) is 9.55 Å². The predicted molar refractivity (Wildman–Crippen MR) is 74.2 cm³/mol. The second-order valence-corrected chi connectivity index (χ2v) is 4.51. The minimum atomic E-state index is 0.895. The lowest BCUT2D eigenvalue weighted by Crippen LogP contribution is -2.07. The summed E-state index contributed by atoms with van der Waals surface area (Å²) < 4.78 is 2.05. The Morgan fingerprint density at radius 1 is 1.22 bits per heavy atom. The van der Waals surface area contributed by atoms with Gasteiger partial charge in [-0.1, -0.05) is 13.3 Å². The molecule has 0 spiro atoms. The highest BCUT2D eigenvalue weighted by molar-refractivity contribution is 5.42. The summed E-state index contributed by atoms with van der Waals surface area (Å²) in [6, 6.07) is 4.08. The molecule has 0 aliphatic carbocycles. The number of pyridine rings is 1. The highest BCUT2D eigenvalue weighted by Crippen LogP contribution is 2.16. The smallest absolute Gasteiger partial charge is 0.207 e. The van der Waals surface area contributed by atoms with Gasteiger partial charge in [-0.15, -0.1) is 0 Å². The predicted octanol–water partition coefficient (Wildman–Crippen LogP) is 3.10. The van der Waals surface area contributed by atoms with Gasteiger partial charge in [0, 0.05) is 18.4 Å². The molecule has 96 valence electrons. The zero-order valence-electron chi connectivity index (χ0n) is 11.3. The van der Waals surface area contributed by atoms with E-state index >= 15 is 0 Å². The Balaban J connectivity index is 2.23. The number of hydrogen-bond acceptors (Lipinski definition) is 3. The topological polar surface area (TPSA) is 42.7 Å². The van der Waals surface area contributed by atoms with Crippen molar-refractivity contribution in [2.24, 2.45) is 0 Å². The Morgan fingerprint density at radius 2 is 2.06 bits per heavy atom. The molecule has 2 rings (SSSR count). The van der Waals surface area contributed by atoms with Crippen molar-refractivity contribution in [2.75, 3.05) is 11.9 Å². The minimum absolute atomic E-state index is 0.895. The van der Waals surface area contributed by atoms with Gasteiger partial charge in [0.05, 0.1) is 17.6 Å². The van der Waals surface area contributed by atoms with Crippen LogP contribution >= 0.6 is 0 Å². The number of hydrogen-bond donors (Lipinski definition) is 1. The first-order valence-electron chi connectivity index (χ1n) is 6.43. The van der Waals surface area contributed by atoms with Gasteiger partial charge in [-0.05, 0) is 32.4 Å². The van der Waals surface area contributed by atoms with Gasteiger partial charge in [0.1, 0.15) is 0 Å². The number of nitrogens with zero attached hydrogens (tertiary/aromatic N) is 3. The molecular formula is C14H20N4. The van der Waals surface area contributed by atoms with Crippen molar-refractivity contribution in [3.8, 4) is 5.69 Å². The maximum Gasteiger partial charge on any atom is 0.207 e. The lowest BCUT2D eigenvalue weighted by Gasteiger charge is -2.09. The summed E-state index contributed by atoms with van der Waals surface area (Å²) in [7, 11) is 0. The largest absolute Gasteiger partial charge is 0.355 e. The van der Waals surface area contributed by atoms with Crippen molar-refractivity contribution < 1.29 is 0 Å². The first-order chi connectivity index (χ1) is 8.70. The molecule has 0 aliphatic heterocycles. The fraction of sp³-hybridized carbons (Fsp3) is 0.429. The summed E-state index contributed by atoms with van der Waals surface area (Å²) in [5.41, 5.74) is 3.07. The van der Waals surface area contributed by atoms with E-state index in [0.29, 0.717) is 0 Å². The van der Waals surface area contributed by atoms with Gasteiger partial charge in [-0.2, -0.15) is 0 Å². The summed E-state index contributed by atoms with van der Waals surface area (Å²) in [5, 5.41) is 3.37. The average Bonchev–Trinajstić information content (AvgIpc) is 2.72. The number of imidazole rings is 1. The van der Waals surface area contributed by atoms with Crippen LogP contribution in [0.1, 0.15) is 31.2 Å².